The van der Waals surface area contributed by atoms with Crippen molar-refractivity contribution >= 4 is 17.8 Å². The summed E-state index contributed by atoms with van der Waals surface area (Å²) in [7, 11) is 0. The van der Waals surface area contributed by atoms with Gasteiger partial charge in [-0.3, -0.25) is 4.79 Å². The van der Waals surface area contributed by atoms with Gasteiger partial charge >= 0.3 is 6.03 Å². The molecular weight excluding hydrogens is 456 g/mol. The van der Waals surface area contributed by atoms with Crippen molar-refractivity contribution in [2.24, 2.45) is 5.92 Å². The largest absolute Gasteiger partial charge is 0.487 e. The molecule has 6 rings (SSSR count). The van der Waals surface area contributed by atoms with Crippen LogP contribution in [0.2, 0.25) is 0 Å². The maximum absolute atomic E-state index is 12.6. The molecule has 36 heavy (non-hydrogen) atoms. The Balaban J connectivity index is 1.03. The summed E-state index contributed by atoms with van der Waals surface area (Å²) in [5.41, 5.74) is 4.29. The third kappa shape index (κ3) is 4.12. The van der Waals surface area contributed by atoms with E-state index in [0.29, 0.717) is 35.9 Å². The number of carbonyl (C=O) groups excluding carboxylic acids is 2. The molecule has 1 saturated carbocycles. The van der Waals surface area contributed by atoms with Gasteiger partial charge in [-0.25, -0.2) is 9.78 Å². The van der Waals surface area contributed by atoms with Crippen LogP contribution in [0.1, 0.15) is 42.5 Å². The number of anilines is 1. The number of pyridine rings is 1. The number of urea groups is 1. The van der Waals surface area contributed by atoms with Gasteiger partial charge in [0.15, 0.2) is 0 Å². The molecule has 0 spiro atoms. The van der Waals surface area contributed by atoms with Gasteiger partial charge in [0.1, 0.15) is 29.2 Å². The lowest BCUT2D eigenvalue weighted by molar-refractivity contribution is -0.116. The highest BCUT2D eigenvalue weighted by Crippen LogP contribution is 2.50. The molecule has 184 valence electrons. The summed E-state index contributed by atoms with van der Waals surface area (Å²) >= 11 is 0. The van der Waals surface area contributed by atoms with E-state index in [4.69, 9.17) is 9.47 Å². The summed E-state index contributed by atoms with van der Waals surface area (Å²) in [6, 6.07) is 9.88. The summed E-state index contributed by atoms with van der Waals surface area (Å²) in [5.74, 6) is 2.68. The zero-order chi connectivity index (χ0) is 24.8. The van der Waals surface area contributed by atoms with Crippen LogP contribution in [0.5, 0.6) is 5.75 Å². The zero-order valence-electron chi connectivity index (χ0n) is 20.0. The van der Waals surface area contributed by atoms with Crippen LogP contribution < -0.4 is 20.7 Å². The SMILES string of the molecule is C=C1/C(=C\C=C(/C)Oc2ccnc3c2CCC(=O)N3)O[C@@H]2[C@@H](NC(=O)N[C@H]3CCc4ccccc43)[C@H]12. The molecule has 4 atom stereocenters. The number of nitrogens with zero attached hydrogens (tertiary/aromatic N) is 1. The lowest BCUT2D eigenvalue weighted by Gasteiger charge is -2.18. The second-order valence-electron chi connectivity index (χ2n) is 9.66. The highest BCUT2D eigenvalue weighted by atomic mass is 16.5. The minimum Gasteiger partial charge on any atom is -0.487 e. The molecule has 2 aliphatic heterocycles. The molecule has 1 aromatic carbocycles. The van der Waals surface area contributed by atoms with E-state index in [9.17, 15) is 9.59 Å². The molecule has 3 N–H and O–H groups in total. The number of aromatic nitrogens is 1. The molecule has 1 saturated heterocycles. The topological polar surface area (TPSA) is 102 Å². The Bertz CT molecular complexity index is 1330. The molecule has 0 radical (unpaired) electrons. The molecule has 0 bridgehead atoms. The van der Waals surface area contributed by atoms with Gasteiger partial charge < -0.3 is 25.4 Å². The molecule has 8 nitrogen and oxygen atoms in total. The number of benzene rings is 1. The third-order valence-corrected chi connectivity index (χ3v) is 7.28. The molecule has 0 unspecified atom stereocenters. The van der Waals surface area contributed by atoms with E-state index in [1.807, 2.05) is 31.2 Å². The normalized spacial score (nSPS) is 26.9. The summed E-state index contributed by atoms with van der Waals surface area (Å²) in [5, 5.41) is 8.94. The van der Waals surface area contributed by atoms with E-state index >= 15 is 0 Å². The van der Waals surface area contributed by atoms with Crippen molar-refractivity contribution in [2.45, 2.75) is 50.8 Å². The average molecular weight is 485 g/mol. The van der Waals surface area contributed by atoms with Crippen LogP contribution in [0.15, 0.2) is 72.4 Å². The number of carbonyl (C=O) groups is 2. The van der Waals surface area contributed by atoms with Crippen LogP contribution in [0.3, 0.4) is 0 Å². The minimum absolute atomic E-state index is 0.0336. The van der Waals surface area contributed by atoms with Gasteiger partial charge in [-0.05, 0) is 61.1 Å². The van der Waals surface area contributed by atoms with Gasteiger partial charge in [-0.2, -0.15) is 0 Å². The Morgan fingerprint density at radius 2 is 2.08 bits per heavy atom. The van der Waals surface area contributed by atoms with E-state index in [-0.39, 0.29) is 36.0 Å². The van der Waals surface area contributed by atoms with E-state index in [2.05, 4.69) is 39.6 Å². The first kappa shape index (κ1) is 22.4. The number of nitrogens with one attached hydrogen (secondary N) is 3. The number of amides is 3. The second-order valence-corrected chi connectivity index (χ2v) is 9.66. The maximum Gasteiger partial charge on any atom is 0.315 e. The number of hydrogen-bond donors (Lipinski definition) is 3. The van der Waals surface area contributed by atoms with Gasteiger partial charge in [0.25, 0.3) is 0 Å². The summed E-state index contributed by atoms with van der Waals surface area (Å²) < 4.78 is 12.1. The van der Waals surface area contributed by atoms with Crippen molar-refractivity contribution in [3.63, 3.8) is 0 Å². The lowest BCUT2D eigenvalue weighted by Crippen LogP contribution is -2.40. The quantitative estimate of drug-likeness (QED) is 0.556. The van der Waals surface area contributed by atoms with E-state index in [1.165, 1.54) is 11.1 Å². The maximum atomic E-state index is 12.6. The van der Waals surface area contributed by atoms with Crippen LogP contribution in [0.4, 0.5) is 10.6 Å². The van der Waals surface area contributed by atoms with E-state index in [1.54, 1.807) is 12.3 Å². The predicted molar refractivity (Wildman–Crippen MR) is 134 cm³/mol. The fraction of sp³-hybridized carbons (Fsp3) is 0.321. The molecule has 2 aliphatic carbocycles. The molecule has 3 heterocycles. The first-order valence-corrected chi connectivity index (χ1v) is 12.3. The van der Waals surface area contributed by atoms with Crippen molar-refractivity contribution < 1.29 is 19.1 Å². The van der Waals surface area contributed by atoms with Crippen molar-refractivity contribution in [2.75, 3.05) is 5.32 Å². The molecule has 1 aromatic heterocycles. The van der Waals surface area contributed by atoms with Crippen molar-refractivity contribution in [1.29, 1.82) is 0 Å². The number of aryl methyl sites for hydroxylation is 1. The Labute approximate surface area is 209 Å². The molecule has 2 aromatic rings. The first-order chi connectivity index (χ1) is 17.5. The molecule has 3 amide bonds. The van der Waals surface area contributed by atoms with Gasteiger partial charge in [-0.1, -0.05) is 30.8 Å². The van der Waals surface area contributed by atoms with Crippen LogP contribution in [0, 0.1) is 5.92 Å². The van der Waals surface area contributed by atoms with E-state index < -0.39 is 0 Å². The fourth-order valence-electron chi connectivity index (χ4n) is 5.36. The Morgan fingerprint density at radius 1 is 1.22 bits per heavy atom. The standard InChI is InChI=1S/C28H28N4O4/c1-15(35-22-13-14-29-27-19(22)9-12-23(33)31-27)7-11-21-16(2)24-25(26(24)36-21)32-28(34)30-20-10-8-17-5-3-4-6-18(17)20/h3-7,11,13-14,20,24-26H,2,8-10,12H2,1H3,(H,29,31,33)(H2,30,32,34)/b15-7+,21-11+/t20-,24-,25-,26-/m0/s1. The van der Waals surface area contributed by atoms with Gasteiger partial charge in [0, 0.05) is 18.2 Å². The number of allylic oxidation sites excluding steroid dienone is 4. The highest BCUT2D eigenvalue weighted by Gasteiger charge is 2.60. The summed E-state index contributed by atoms with van der Waals surface area (Å²) in [6.45, 7) is 6.05. The molecule has 4 aliphatic rings. The molecular formula is C28H28N4O4. The smallest absolute Gasteiger partial charge is 0.315 e. The monoisotopic (exact) mass is 484 g/mol. The van der Waals surface area contributed by atoms with Crippen LogP contribution >= 0.6 is 0 Å². The number of ether oxygens (including phenoxy) is 2. The Kier molecular flexibility index (Phi) is 5.51. The minimum atomic E-state index is -0.168. The Morgan fingerprint density at radius 3 is 2.92 bits per heavy atom. The van der Waals surface area contributed by atoms with E-state index in [0.717, 1.165) is 24.0 Å². The predicted octanol–water partition coefficient (Wildman–Crippen LogP) is 4.07. The summed E-state index contributed by atoms with van der Waals surface area (Å²) in [4.78, 5) is 28.5. The summed E-state index contributed by atoms with van der Waals surface area (Å²) in [6.07, 6.45) is 8.15. The first-order valence-electron chi connectivity index (χ1n) is 12.3. The number of fused-ring (bicyclic) bond motifs is 3. The fourth-order valence-corrected chi connectivity index (χ4v) is 5.36. The number of hydrogen-bond acceptors (Lipinski definition) is 5. The van der Waals surface area contributed by atoms with Gasteiger partial charge in [0.05, 0.1) is 18.0 Å². The Hall–Kier alpha value is -4.07. The van der Waals surface area contributed by atoms with Crippen molar-refractivity contribution in [3.05, 3.63) is 89.0 Å². The molecule has 8 heteroatoms. The van der Waals surface area contributed by atoms with Crippen molar-refractivity contribution in [3.8, 4) is 5.75 Å². The van der Waals surface area contributed by atoms with Crippen LogP contribution in [-0.2, 0) is 22.4 Å². The van der Waals surface area contributed by atoms with Crippen LogP contribution in [-0.4, -0.2) is 29.1 Å². The lowest BCUT2D eigenvalue weighted by atomic mass is 10.1. The second kappa shape index (κ2) is 8.86. The number of rotatable bonds is 5. The van der Waals surface area contributed by atoms with Crippen LogP contribution in [0.25, 0.3) is 0 Å². The average Bonchev–Trinajstić information content (AvgIpc) is 3.19. The zero-order valence-corrected chi connectivity index (χ0v) is 20.0. The molecule has 2 fully saturated rings. The van der Waals surface area contributed by atoms with Crippen molar-refractivity contribution in [1.82, 2.24) is 15.6 Å². The third-order valence-electron chi connectivity index (χ3n) is 7.28. The highest BCUT2D eigenvalue weighted by molar-refractivity contribution is 5.93. The van der Waals surface area contributed by atoms with Gasteiger partial charge in [-0.15, -0.1) is 0 Å². The van der Waals surface area contributed by atoms with Gasteiger partial charge in [0.2, 0.25) is 5.91 Å².